The number of amides is 1. The van der Waals surface area contributed by atoms with Crippen molar-refractivity contribution in [3.05, 3.63) is 34.4 Å². The molecule has 10 nitrogen and oxygen atoms in total. The number of hydrogen-bond donors (Lipinski definition) is 2. The topological polar surface area (TPSA) is 114 Å². The Hall–Kier alpha value is -3.27. The van der Waals surface area contributed by atoms with Crippen LogP contribution in [0.1, 0.15) is 39.0 Å². The molecular weight excluding hydrogens is 394 g/mol. The number of halogens is 1. The van der Waals surface area contributed by atoms with Gasteiger partial charge in [-0.3, -0.25) is 4.79 Å². The van der Waals surface area contributed by atoms with Crippen LogP contribution in [0, 0.1) is 6.92 Å². The highest BCUT2D eigenvalue weighted by Gasteiger charge is 2.33. The van der Waals surface area contributed by atoms with E-state index in [0.29, 0.717) is 11.5 Å². The summed E-state index contributed by atoms with van der Waals surface area (Å²) in [5, 5.41) is 21.0. The molecule has 2 N–H and O–H groups in total. The Bertz CT molecular complexity index is 1230. The van der Waals surface area contributed by atoms with Crippen LogP contribution in [0.25, 0.3) is 11.3 Å². The van der Waals surface area contributed by atoms with Crippen LogP contribution in [0.2, 0.25) is 5.15 Å². The first kappa shape index (κ1) is 15.6. The summed E-state index contributed by atoms with van der Waals surface area (Å²) in [7, 11) is 3.76. The summed E-state index contributed by atoms with van der Waals surface area (Å²) in [5.41, 5.74) is 3.91. The maximum Gasteiger partial charge on any atom is 0.273 e. The van der Waals surface area contributed by atoms with Crippen molar-refractivity contribution in [3.8, 4) is 11.3 Å². The average Bonchev–Trinajstić information content (AvgIpc) is 3.06. The fraction of sp³-hybridized carbons (Fsp3) is 0.333. The number of nitrogens with zero attached hydrogens (tertiary/aromatic N) is 7. The van der Waals surface area contributed by atoms with Crippen molar-refractivity contribution in [2.75, 3.05) is 24.2 Å². The number of aryl methyl sites for hydroxylation is 2. The third-order valence-corrected chi connectivity index (χ3v) is 5.11. The monoisotopic (exact) mass is 416 g/mol. The van der Waals surface area contributed by atoms with Gasteiger partial charge in [-0.25, -0.2) is 9.67 Å². The molecule has 1 aliphatic rings. The lowest BCUT2D eigenvalue weighted by Gasteiger charge is -2.34. The van der Waals surface area contributed by atoms with Crippen molar-refractivity contribution >= 4 is 34.7 Å². The van der Waals surface area contributed by atoms with Gasteiger partial charge in [0.15, 0.2) is 16.7 Å². The van der Waals surface area contributed by atoms with Gasteiger partial charge in [-0.05, 0) is 19.9 Å². The van der Waals surface area contributed by atoms with E-state index in [1.165, 1.54) is 6.07 Å². The minimum Gasteiger partial charge on any atom is -0.363 e. The fourth-order valence-corrected chi connectivity index (χ4v) is 3.66. The molecule has 1 amide bonds. The van der Waals surface area contributed by atoms with Gasteiger partial charge in [0.05, 0.1) is 23.1 Å². The quantitative estimate of drug-likeness (QED) is 0.668. The molecule has 0 radical (unpaired) electrons. The number of anilines is 3. The molecule has 0 bridgehead atoms. The summed E-state index contributed by atoms with van der Waals surface area (Å²) in [6, 6.07) is 3.25. The van der Waals surface area contributed by atoms with Crippen LogP contribution in [0.5, 0.6) is 0 Å². The lowest BCUT2D eigenvalue weighted by Crippen LogP contribution is -2.29. The van der Waals surface area contributed by atoms with Gasteiger partial charge in [0, 0.05) is 42.5 Å². The lowest BCUT2D eigenvalue weighted by atomic mass is 9.97. The highest BCUT2D eigenvalue weighted by Crippen LogP contribution is 2.46. The van der Waals surface area contributed by atoms with Gasteiger partial charge < -0.3 is 15.5 Å². The van der Waals surface area contributed by atoms with Gasteiger partial charge in [0.25, 0.3) is 5.91 Å². The predicted octanol–water partition coefficient (Wildman–Crippen LogP) is 2.24. The Balaban J connectivity index is 1.84. The summed E-state index contributed by atoms with van der Waals surface area (Å²) in [6.07, 6.45) is 0. The average molecular weight is 417 g/mol. The minimum absolute atomic E-state index is 0.0254. The molecule has 29 heavy (non-hydrogen) atoms. The van der Waals surface area contributed by atoms with Gasteiger partial charge in [-0.15, -0.1) is 15.3 Å². The van der Waals surface area contributed by atoms with Crippen molar-refractivity contribution in [1.29, 1.82) is 0 Å². The second-order valence-electron chi connectivity index (χ2n) is 6.75. The summed E-state index contributed by atoms with van der Waals surface area (Å²) in [4.78, 5) is 19.1. The normalized spacial score (nSPS) is 16.9. The van der Waals surface area contributed by atoms with Crippen molar-refractivity contribution in [3.63, 3.8) is 0 Å². The summed E-state index contributed by atoms with van der Waals surface area (Å²) < 4.78 is 23.6. The van der Waals surface area contributed by atoms with Crippen molar-refractivity contribution < 1.29 is 8.91 Å². The lowest BCUT2D eigenvalue weighted by molar-refractivity contribution is 0.0958. The molecule has 3 aromatic heterocycles. The van der Waals surface area contributed by atoms with Gasteiger partial charge >= 0.3 is 0 Å². The number of carbonyl (C=O) groups excluding carboxylic acids is 1. The molecule has 4 rings (SSSR count). The molecule has 0 aliphatic carbocycles. The van der Waals surface area contributed by atoms with Crippen molar-refractivity contribution in [2.45, 2.75) is 19.9 Å². The molecule has 150 valence electrons. The molecule has 0 saturated carbocycles. The first-order valence-electron chi connectivity index (χ1n) is 10.2. The Morgan fingerprint density at radius 2 is 2.07 bits per heavy atom. The van der Waals surface area contributed by atoms with Crippen LogP contribution in [0.4, 0.5) is 17.2 Å². The SMILES string of the molecule is [2H]C([2H])([2H])NC(=O)c1nnc(Cl)cc1Nc1nc(C)cc2c1N(C)C(C)c1c-2nnn1C. The van der Waals surface area contributed by atoms with Crippen molar-refractivity contribution in [2.24, 2.45) is 7.05 Å². The van der Waals surface area contributed by atoms with Gasteiger partial charge in [-0.1, -0.05) is 16.8 Å². The first-order chi connectivity index (χ1) is 15.0. The molecular formula is C18H20ClN9O. The number of fused-ring (bicyclic) bond motifs is 3. The number of hydrogen-bond acceptors (Lipinski definition) is 8. The predicted molar refractivity (Wildman–Crippen MR) is 110 cm³/mol. The molecule has 1 atom stereocenters. The van der Waals surface area contributed by atoms with E-state index in [1.54, 1.807) is 4.68 Å². The number of carbonyl (C=O) groups is 1. The number of pyridine rings is 1. The zero-order chi connectivity index (χ0) is 23.4. The van der Waals surface area contributed by atoms with Gasteiger partial charge in [0.2, 0.25) is 0 Å². The highest BCUT2D eigenvalue weighted by atomic mass is 35.5. The molecule has 3 aromatic rings. The molecule has 1 aliphatic heterocycles. The zero-order valence-corrected chi connectivity index (χ0v) is 16.9. The zero-order valence-electron chi connectivity index (χ0n) is 19.1. The van der Waals surface area contributed by atoms with Crippen LogP contribution in [-0.4, -0.2) is 50.1 Å². The van der Waals surface area contributed by atoms with E-state index in [9.17, 15) is 4.79 Å². The van der Waals surface area contributed by atoms with E-state index in [2.05, 4.69) is 30.8 Å². The summed E-state index contributed by atoms with van der Waals surface area (Å²) in [5.74, 6) is -0.492. The van der Waals surface area contributed by atoms with E-state index in [-0.39, 0.29) is 22.6 Å². The fourth-order valence-electron chi connectivity index (χ4n) is 3.51. The number of aromatic nitrogens is 6. The van der Waals surface area contributed by atoms with Crippen LogP contribution in [0.15, 0.2) is 12.1 Å². The summed E-state index contributed by atoms with van der Waals surface area (Å²) >= 11 is 6.01. The molecule has 11 heteroatoms. The van der Waals surface area contributed by atoms with E-state index in [0.717, 1.165) is 22.6 Å². The van der Waals surface area contributed by atoms with E-state index >= 15 is 0 Å². The largest absolute Gasteiger partial charge is 0.363 e. The molecule has 0 spiro atoms. The van der Waals surface area contributed by atoms with Crippen LogP contribution in [-0.2, 0) is 7.05 Å². The molecule has 0 saturated heterocycles. The van der Waals surface area contributed by atoms with Gasteiger partial charge in [-0.2, -0.15) is 0 Å². The summed E-state index contributed by atoms with van der Waals surface area (Å²) in [6.45, 7) is 1.17. The maximum absolute atomic E-state index is 12.5. The first-order valence-corrected chi connectivity index (χ1v) is 9.11. The third kappa shape index (κ3) is 3.05. The van der Waals surface area contributed by atoms with Gasteiger partial charge in [0.1, 0.15) is 5.69 Å². The Morgan fingerprint density at radius 1 is 1.28 bits per heavy atom. The third-order valence-electron chi connectivity index (χ3n) is 4.92. The molecule has 0 aromatic carbocycles. The van der Waals surface area contributed by atoms with Crippen LogP contribution in [0.3, 0.4) is 0 Å². The number of nitrogens with one attached hydrogen (secondary N) is 2. The van der Waals surface area contributed by atoms with E-state index in [1.807, 2.05) is 44.2 Å². The maximum atomic E-state index is 12.5. The van der Waals surface area contributed by atoms with Crippen molar-refractivity contribution in [1.82, 2.24) is 35.5 Å². The Morgan fingerprint density at radius 3 is 2.83 bits per heavy atom. The van der Waals surface area contributed by atoms with Crippen LogP contribution < -0.4 is 15.5 Å². The molecule has 4 heterocycles. The van der Waals surface area contributed by atoms with E-state index < -0.39 is 12.9 Å². The minimum atomic E-state index is -2.69. The second kappa shape index (κ2) is 6.96. The second-order valence-corrected chi connectivity index (χ2v) is 7.14. The van der Waals surface area contributed by atoms with E-state index in [4.69, 9.17) is 15.7 Å². The standard InChI is InChI=1S/C18H20ClN9O/c1-8-6-10-13-15(28(5)26-25-13)9(2)27(4)16(10)17(21-8)22-11-7-12(19)23-24-14(11)18(29)20-3/h6-7,9H,1-5H3,(H,20,29)(H,21,22,23)/i3D3. The van der Waals surface area contributed by atoms with Crippen LogP contribution >= 0.6 is 11.6 Å². The smallest absolute Gasteiger partial charge is 0.273 e. The molecule has 0 fully saturated rings. The molecule has 1 unspecified atom stereocenters. The highest BCUT2D eigenvalue weighted by molar-refractivity contribution is 6.29. The Kier molecular flexibility index (Phi) is 3.75. The number of rotatable bonds is 3. The Labute approximate surface area is 176 Å².